The Morgan fingerprint density at radius 3 is 1.12 bits per heavy atom. The Bertz CT molecular complexity index is 794. The van der Waals surface area contributed by atoms with Gasteiger partial charge in [-0.3, -0.25) is 0 Å². The van der Waals surface area contributed by atoms with E-state index >= 15 is 0 Å². The first-order valence-electron chi connectivity index (χ1n) is 17.3. The smallest absolute Gasteiger partial charge is 0.0717 e. The van der Waals surface area contributed by atoms with Gasteiger partial charge in [0.1, 0.15) is 0 Å². The summed E-state index contributed by atoms with van der Waals surface area (Å²) in [5.41, 5.74) is 4.95. The minimum Gasteiger partial charge on any atom is -0.375 e. The van der Waals surface area contributed by atoms with Gasteiger partial charge >= 0.3 is 0 Å². The van der Waals surface area contributed by atoms with Crippen LogP contribution in [0.1, 0.15) is 115 Å². The van der Waals surface area contributed by atoms with Crippen molar-refractivity contribution in [1.82, 2.24) is 9.80 Å². The maximum Gasteiger partial charge on any atom is 0.0717 e. The van der Waals surface area contributed by atoms with Gasteiger partial charge in [0.2, 0.25) is 0 Å². The van der Waals surface area contributed by atoms with E-state index in [2.05, 4.69) is 86.3 Å². The van der Waals surface area contributed by atoms with E-state index in [1.54, 1.807) is 0 Å². The Labute approximate surface area is 260 Å². The van der Waals surface area contributed by atoms with Crippen LogP contribution in [-0.4, -0.2) is 63.3 Å². The maximum absolute atomic E-state index is 5.97. The average molecular weight is 581 g/mol. The number of rotatable bonds is 27. The van der Waals surface area contributed by atoms with Crippen LogP contribution in [0.5, 0.6) is 0 Å². The van der Waals surface area contributed by atoms with E-state index in [-0.39, 0.29) is 0 Å². The first-order valence-corrected chi connectivity index (χ1v) is 17.3. The molecule has 0 aliphatic heterocycles. The van der Waals surface area contributed by atoms with E-state index in [1.165, 1.54) is 125 Å². The number of unbranched alkanes of at least 4 members (excludes halogenated alkanes) is 12. The lowest BCUT2D eigenvalue weighted by molar-refractivity contribution is 0.0991. The average Bonchev–Trinajstić information content (AvgIpc) is 3.01. The molecule has 4 heteroatoms. The molecule has 238 valence electrons. The number of benzene rings is 2. The van der Waals surface area contributed by atoms with Crippen LogP contribution in [0.3, 0.4) is 0 Å². The first kappa shape index (κ1) is 36.5. The lowest BCUT2D eigenvalue weighted by Gasteiger charge is -2.16. The number of hydrogen-bond donors (Lipinski definition) is 0. The predicted octanol–water partition coefficient (Wildman–Crippen LogP) is 9.75. The van der Waals surface area contributed by atoms with Gasteiger partial charge in [-0.1, -0.05) is 139 Å². The third kappa shape index (κ3) is 18.1. The third-order valence-corrected chi connectivity index (χ3v) is 8.30. The molecule has 0 heterocycles. The zero-order chi connectivity index (χ0) is 30.1. The van der Waals surface area contributed by atoms with Crippen LogP contribution < -0.4 is 0 Å². The van der Waals surface area contributed by atoms with Crippen molar-refractivity contribution in [2.75, 3.05) is 53.5 Å². The van der Waals surface area contributed by atoms with Crippen molar-refractivity contribution in [1.29, 1.82) is 0 Å². The maximum atomic E-state index is 5.97. The molecular weight excluding hydrogens is 516 g/mol. The van der Waals surface area contributed by atoms with Crippen molar-refractivity contribution in [3.05, 3.63) is 59.7 Å². The number of likely N-dealkylation sites (N-methyl/N-ethyl adjacent to an activating group) is 2. The van der Waals surface area contributed by atoms with Crippen molar-refractivity contribution >= 4 is 0 Å². The van der Waals surface area contributed by atoms with Gasteiger partial charge in [-0.05, 0) is 62.3 Å². The number of ether oxygens (including phenoxy) is 2. The Hall–Kier alpha value is -1.72. The van der Waals surface area contributed by atoms with Gasteiger partial charge in [0.05, 0.1) is 26.4 Å². The Morgan fingerprint density at radius 1 is 0.429 bits per heavy atom. The Kier molecular flexibility index (Phi) is 21.4. The summed E-state index contributed by atoms with van der Waals surface area (Å²) in [6.45, 7) is 11.8. The molecule has 0 radical (unpaired) electrons. The molecule has 0 aromatic heterocycles. The monoisotopic (exact) mass is 580 g/mol. The fourth-order valence-electron chi connectivity index (χ4n) is 5.31. The zero-order valence-corrected chi connectivity index (χ0v) is 27.9. The molecule has 0 aliphatic carbocycles. The van der Waals surface area contributed by atoms with Crippen LogP contribution in [0.4, 0.5) is 0 Å². The van der Waals surface area contributed by atoms with Crippen LogP contribution in [0.2, 0.25) is 0 Å². The van der Waals surface area contributed by atoms with Gasteiger partial charge in [0, 0.05) is 13.1 Å². The highest BCUT2D eigenvalue weighted by molar-refractivity contribution is 5.63. The molecule has 2 aromatic carbocycles. The van der Waals surface area contributed by atoms with E-state index in [0.29, 0.717) is 13.2 Å². The molecule has 0 N–H and O–H groups in total. The van der Waals surface area contributed by atoms with Gasteiger partial charge in [-0.15, -0.1) is 0 Å². The van der Waals surface area contributed by atoms with Crippen LogP contribution in [-0.2, 0) is 22.7 Å². The molecule has 0 bridgehead atoms. The summed E-state index contributed by atoms with van der Waals surface area (Å²) in [7, 11) is 4.42. The molecule has 42 heavy (non-hydrogen) atoms. The zero-order valence-electron chi connectivity index (χ0n) is 27.9. The van der Waals surface area contributed by atoms with Crippen molar-refractivity contribution in [2.24, 2.45) is 0 Å². The minimum absolute atomic E-state index is 0.677. The standard InChI is InChI=1S/C38H64N2O2/c1-5-7-9-11-13-15-17-27-39(3)29-31-41-33-35-19-23-37(24-20-35)38-25-21-36(22-26-38)34-42-32-30-40(4)28-18-16-14-12-10-8-6-2/h19-26H,5-18,27-34H2,1-4H3. The van der Waals surface area contributed by atoms with Gasteiger partial charge in [0.15, 0.2) is 0 Å². The summed E-state index contributed by atoms with van der Waals surface area (Å²) in [4.78, 5) is 4.81. The van der Waals surface area contributed by atoms with Crippen molar-refractivity contribution in [3.8, 4) is 11.1 Å². The molecular formula is C38H64N2O2. The van der Waals surface area contributed by atoms with Crippen molar-refractivity contribution in [3.63, 3.8) is 0 Å². The van der Waals surface area contributed by atoms with E-state index in [1.807, 2.05) is 0 Å². The largest absolute Gasteiger partial charge is 0.375 e. The van der Waals surface area contributed by atoms with E-state index in [4.69, 9.17) is 9.47 Å². The normalized spacial score (nSPS) is 11.7. The molecule has 0 unspecified atom stereocenters. The molecule has 0 spiro atoms. The second-order valence-corrected chi connectivity index (χ2v) is 12.3. The van der Waals surface area contributed by atoms with E-state index in [9.17, 15) is 0 Å². The number of hydrogen-bond acceptors (Lipinski definition) is 4. The molecule has 2 aromatic rings. The molecule has 0 saturated heterocycles. The summed E-state index contributed by atoms with van der Waals surface area (Å²) in [6.07, 6.45) is 19.1. The second-order valence-electron chi connectivity index (χ2n) is 12.3. The van der Waals surface area contributed by atoms with E-state index < -0.39 is 0 Å². The minimum atomic E-state index is 0.677. The molecule has 0 amide bonds. The first-order chi connectivity index (χ1) is 20.6. The predicted molar refractivity (Wildman–Crippen MR) is 182 cm³/mol. The summed E-state index contributed by atoms with van der Waals surface area (Å²) >= 11 is 0. The molecule has 2 rings (SSSR count). The molecule has 0 atom stereocenters. The molecule has 0 saturated carbocycles. The SMILES string of the molecule is CCCCCCCCCN(C)CCOCc1ccc(-c2ccc(COCCN(C)CCCCCCCCC)cc2)cc1. The third-order valence-electron chi connectivity index (χ3n) is 8.30. The topological polar surface area (TPSA) is 24.9 Å². The summed E-state index contributed by atoms with van der Waals surface area (Å²) in [5.74, 6) is 0. The second kappa shape index (κ2) is 24.7. The fraction of sp³-hybridized carbons (Fsp3) is 0.684. The highest BCUT2D eigenvalue weighted by Crippen LogP contribution is 2.21. The van der Waals surface area contributed by atoms with Crippen LogP contribution in [0.25, 0.3) is 11.1 Å². The molecule has 4 nitrogen and oxygen atoms in total. The highest BCUT2D eigenvalue weighted by atomic mass is 16.5. The van der Waals surface area contributed by atoms with Gasteiger partial charge in [-0.2, -0.15) is 0 Å². The summed E-state index contributed by atoms with van der Waals surface area (Å²) < 4.78 is 11.9. The number of nitrogens with zero attached hydrogens (tertiary/aromatic N) is 2. The van der Waals surface area contributed by atoms with Crippen molar-refractivity contribution in [2.45, 2.75) is 117 Å². The van der Waals surface area contributed by atoms with Gasteiger partial charge < -0.3 is 19.3 Å². The van der Waals surface area contributed by atoms with E-state index in [0.717, 1.165) is 26.3 Å². The quantitative estimate of drug-likeness (QED) is 0.0982. The fourth-order valence-corrected chi connectivity index (χ4v) is 5.31. The molecule has 0 fully saturated rings. The van der Waals surface area contributed by atoms with Crippen LogP contribution in [0.15, 0.2) is 48.5 Å². The Morgan fingerprint density at radius 2 is 0.762 bits per heavy atom. The van der Waals surface area contributed by atoms with Crippen LogP contribution >= 0.6 is 0 Å². The summed E-state index contributed by atoms with van der Waals surface area (Å²) in [6, 6.07) is 17.6. The highest BCUT2D eigenvalue weighted by Gasteiger charge is 2.03. The van der Waals surface area contributed by atoms with Crippen LogP contribution in [0, 0.1) is 0 Å². The Balaban J connectivity index is 1.54. The van der Waals surface area contributed by atoms with Crippen molar-refractivity contribution < 1.29 is 9.47 Å². The molecule has 0 aliphatic rings. The lowest BCUT2D eigenvalue weighted by atomic mass is 10.0. The van der Waals surface area contributed by atoms with Gasteiger partial charge in [0.25, 0.3) is 0 Å². The van der Waals surface area contributed by atoms with Gasteiger partial charge in [-0.25, -0.2) is 0 Å². The lowest BCUT2D eigenvalue weighted by Crippen LogP contribution is -2.24. The summed E-state index contributed by atoms with van der Waals surface area (Å²) in [5, 5.41) is 0.